The molecule has 150 valence electrons. The third kappa shape index (κ3) is 6.67. The van der Waals surface area contributed by atoms with Gasteiger partial charge in [0.05, 0.1) is 6.61 Å². The SMILES string of the molecule is CCCCNCC1CCN(C(=O)NC2CCN(C(=O)OCC)CC2)CC1. The van der Waals surface area contributed by atoms with E-state index in [1.807, 2.05) is 11.8 Å². The first-order valence-electron chi connectivity index (χ1n) is 10.3. The van der Waals surface area contributed by atoms with Gasteiger partial charge in [-0.1, -0.05) is 13.3 Å². The van der Waals surface area contributed by atoms with Crippen LogP contribution >= 0.6 is 0 Å². The quantitative estimate of drug-likeness (QED) is 0.677. The van der Waals surface area contributed by atoms with Gasteiger partial charge in [0.1, 0.15) is 0 Å². The standard InChI is InChI=1S/C19H36N4O3/c1-3-5-10-20-15-16-6-11-22(12-7-16)18(24)21-17-8-13-23(14-9-17)19(25)26-4-2/h16-17,20H,3-15H2,1-2H3,(H,21,24). The lowest BCUT2D eigenvalue weighted by molar-refractivity contribution is 0.0947. The average molecular weight is 369 g/mol. The summed E-state index contributed by atoms with van der Waals surface area (Å²) in [5.74, 6) is 0.684. The molecule has 0 aliphatic carbocycles. The minimum atomic E-state index is -0.244. The normalized spacial score (nSPS) is 19.5. The van der Waals surface area contributed by atoms with Gasteiger partial charge in [0, 0.05) is 32.2 Å². The van der Waals surface area contributed by atoms with Crippen LogP contribution < -0.4 is 10.6 Å². The maximum atomic E-state index is 12.5. The molecule has 2 fully saturated rings. The highest BCUT2D eigenvalue weighted by Gasteiger charge is 2.27. The van der Waals surface area contributed by atoms with Crippen molar-refractivity contribution in [2.75, 3.05) is 45.9 Å². The summed E-state index contributed by atoms with van der Waals surface area (Å²) in [4.78, 5) is 27.9. The van der Waals surface area contributed by atoms with Crippen molar-refractivity contribution in [2.45, 2.75) is 58.4 Å². The van der Waals surface area contributed by atoms with E-state index in [1.165, 1.54) is 12.8 Å². The van der Waals surface area contributed by atoms with Crippen LogP contribution in [0.4, 0.5) is 9.59 Å². The number of rotatable bonds is 7. The summed E-state index contributed by atoms with van der Waals surface area (Å²) in [7, 11) is 0. The fourth-order valence-corrected chi connectivity index (χ4v) is 3.64. The van der Waals surface area contributed by atoms with E-state index in [-0.39, 0.29) is 18.2 Å². The van der Waals surface area contributed by atoms with Crippen molar-refractivity contribution < 1.29 is 14.3 Å². The van der Waals surface area contributed by atoms with E-state index in [4.69, 9.17) is 4.74 Å². The van der Waals surface area contributed by atoms with Crippen molar-refractivity contribution in [1.82, 2.24) is 20.4 Å². The second-order valence-electron chi connectivity index (χ2n) is 7.40. The zero-order valence-corrected chi connectivity index (χ0v) is 16.5. The van der Waals surface area contributed by atoms with Crippen LogP contribution in [0, 0.1) is 5.92 Å². The first-order valence-corrected chi connectivity index (χ1v) is 10.3. The molecule has 3 amide bonds. The summed E-state index contributed by atoms with van der Waals surface area (Å²) in [5, 5.41) is 6.67. The van der Waals surface area contributed by atoms with Crippen molar-refractivity contribution in [3.05, 3.63) is 0 Å². The molecule has 2 N–H and O–H groups in total. The van der Waals surface area contributed by atoms with Crippen LogP contribution in [0.15, 0.2) is 0 Å². The smallest absolute Gasteiger partial charge is 0.409 e. The molecule has 2 aliphatic rings. The molecule has 0 spiro atoms. The topological polar surface area (TPSA) is 73.9 Å². The van der Waals surface area contributed by atoms with Crippen LogP contribution in [0.1, 0.15) is 52.4 Å². The lowest BCUT2D eigenvalue weighted by atomic mass is 9.97. The van der Waals surface area contributed by atoms with Gasteiger partial charge in [-0.3, -0.25) is 0 Å². The van der Waals surface area contributed by atoms with Crippen LogP contribution in [-0.4, -0.2) is 73.8 Å². The Morgan fingerprint density at radius 2 is 1.65 bits per heavy atom. The molecule has 2 rings (SSSR count). The van der Waals surface area contributed by atoms with E-state index >= 15 is 0 Å². The van der Waals surface area contributed by atoms with Crippen molar-refractivity contribution in [1.29, 1.82) is 0 Å². The molecule has 7 nitrogen and oxygen atoms in total. The Hall–Kier alpha value is -1.50. The molecule has 2 saturated heterocycles. The first kappa shape index (κ1) is 20.8. The fraction of sp³-hybridized carbons (Fsp3) is 0.895. The van der Waals surface area contributed by atoms with Gasteiger partial charge in [-0.2, -0.15) is 0 Å². The third-order valence-electron chi connectivity index (χ3n) is 5.39. The number of nitrogens with zero attached hydrogens (tertiary/aromatic N) is 2. The molecular weight excluding hydrogens is 332 g/mol. The molecule has 0 aromatic rings. The largest absolute Gasteiger partial charge is 0.450 e. The van der Waals surface area contributed by atoms with E-state index < -0.39 is 0 Å². The molecule has 26 heavy (non-hydrogen) atoms. The summed E-state index contributed by atoms with van der Waals surface area (Å²) in [6.45, 7) is 9.57. The summed E-state index contributed by atoms with van der Waals surface area (Å²) in [5.41, 5.74) is 0. The molecule has 0 unspecified atom stereocenters. The zero-order valence-electron chi connectivity index (χ0n) is 16.5. The van der Waals surface area contributed by atoms with Gasteiger partial charge in [-0.25, -0.2) is 9.59 Å². The van der Waals surface area contributed by atoms with E-state index in [9.17, 15) is 9.59 Å². The highest BCUT2D eigenvalue weighted by atomic mass is 16.6. The maximum Gasteiger partial charge on any atom is 0.409 e. The van der Waals surface area contributed by atoms with Crippen molar-refractivity contribution in [3.8, 4) is 0 Å². The Morgan fingerprint density at radius 3 is 2.27 bits per heavy atom. The van der Waals surface area contributed by atoms with E-state index in [2.05, 4.69) is 17.6 Å². The first-order chi connectivity index (χ1) is 12.6. The third-order valence-corrected chi connectivity index (χ3v) is 5.39. The van der Waals surface area contributed by atoms with Gasteiger partial charge >= 0.3 is 12.1 Å². The predicted octanol–water partition coefficient (Wildman–Crippen LogP) is 2.42. The summed E-state index contributed by atoms with van der Waals surface area (Å²) >= 11 is 0. The van der Waals surface area contributed by atoms with Crippen LogP contribution in [0.5, 0.6) is 0 Å². The zero-order chi connectivity index (χ0) is 18.8. The minimum absolute atomic E-state index is 0.0528. The molecule has 0 aromatic heterocycles. The molecule has 0 bridgehead atoms. The molecule has 0 saturated carbocycles. The molecule has 0 radical (unpaired) electrons. The van der Waals surface area contributed by atoms with Gasteiger partial charge in [-0.05, 0) is 58.0 Å². The van der Waals surface area contributed by atoms with Gasteiger partial charge < -0.3 is 25.2 Å². The van der Waals surface area contributed by atoms with Gasteiger partial charge in [0.15, 0.2) is 0 Å². The van der Waals surface area contributed by atoms with E-state index in [1.54, 1.807) is 4.90 Å². The second-order valence-corrected chi connectivity index (χ2v) is 7.40. The lowest BCUT2D eigenvalue weighted by Crippen LogP contribution is -2.52. The Morgan fingerprint density at radius 1 is 1.00 bits per heavy atom. The van der Waals surface area contributed by atoms with Crippen molar-refractivity contribution in [2.24, 2.45) is 5.92 Å². The number of urea groups is 1. The number of hydrogen-bond acceptors (Lipinski definition) is 4. The van der Waals surface area contributed by atoms with Crippen LogP contribution in [0.2, 0.25) is 0 Å². The van der Waals surface area contributed by atoms with Crippen LogP contribution in [0.3, 0.4) is 0 Å². The molecule has 2 aliphatic heterocycles. The summed E-state index contributed by atoms with van der Waals surface area (Å²) in [6, 6.07) is 0.207. The highest BCUT2D eigenvalue weighted by Crippen LogP contribution is 2.17. The Balaban J connectivity index is 1.61. The van der Waals surface area contributed by atoms with Gasteiger partial charge in [0.25, 0.3) is 0 Å². The second kappa shape index (κ2) is 11.3. The number of piperidine rings is 2. The monoisotopic (exact) mass is 368 g/mol. The molecular formula is C19H36N4O3. The Labute approximate surface area is 157 Å². The number of unbranched alkanes of at least 4 members (excludes halogenated alkanes) is 1. The maximum absolute atomic E-state index is 12.5. The summed E-state index contributed by atoms with van der Waals surface area (Å²) in [6.07, 6.45) is 5.96. The highest BCUT2D eigenvalue weighted by molar-refractivity contribution is 5.74. The number of ether oxygens (including phenoxy) is 1. The number of likely N-dealkylation sites (tertiary alicyclic amines) is 2. The molecule has 0 aromatic carbocycles. The van der Waals surface area contributed by atoms with Crippen LogP contribution in [0.25, 0.3) is 0 Å². The van der Waals surface area contributed by atoms with Gasteiger partial charge in [-0.15, -0.1) is 0 Å². The number of hydrogen-bond donors (Lipinski definition) is 2. The van der Waals surface area contributed by atoms with E-state index in [0.29, 0.717) is 25.6 Å². The van der Waals surface area contributed by atoms with Crippen LogP contribution in [-0.2, 0) is 4.74 Å². The fourth-order valence-electron chi connectivity index (χ4n) is 3.64. The molecule has 7 heteroatoms. The van der Waals surface area contributed by atoms with Crippen molar-refractivity contribution >= 4 is 12.1 Å². The Bertz CT molecular complexity index is 431. The lowest BCUT2D eigenvalue weighted by Gasteiger charge is -2.35. The summed E-state index contributed by atoms with van der Waals surface area (Å²) < 4.78 is 5.03. The van der Waals surface area contributed by atoms with E-state index in [0.717, 1.165) is 51.9 Å². The number of carbonyl (C=O) groups is 2. The molecule has 0 atom stereocenters. The number of carbonyl (C=O) groups excluding carboxylic acids is 2. The Kier molecular flexibility index (Phi) is 9.01. The molecule has 2 heterocycles. The van der Waals surface area contributed by atoms with Crippen molar-refractivity contribution in [3.63, 3.8) is 0 Å². The predicted molar refractivity (Wildman–Crippen MR) is 102 cm³/mol. The number of amides is 3. The average Bonchev–Trinajstić information content (AvgIpc) is 2.66. The number of nitrogens with one attached hydrogen (secondary N) is 2. The minimum Gasteiger partial charge on any atom is -0.450 e. The van der Waals surface area contributed by atoms with Gasteiger partial charge in [0.2, 0.25) is 0 Å².